The van der Waals surface area contributed by atoms with Gasteiger partial charge in [-0.15, -0.1) is 11.3 Å². The Morgan fingerprint density at radius 3 is 2.46 bits per heavy atom. The van der Waals surface area contributed by atoms with E-state index in [0.29, 0.717) is 29.6 Å². The Bertz CT molecular complexity index is 648. The lowest BCUT2D eigenvalue weighted by atomic mass is 9.88. The fourth-order valence-electron chi connectivity index (χ4n) is 3.66. The molecule has 6 heteroatoms. The van der Waals surface area contributed by atoms with Crippen LogP contribution in [0.5, 0.6) is 0 Å². The molecule has 1 amide bonds. The fourth-order valence-corrected chi connectivity index (χ4v) is 5.08. The maximum absolute atomic E-state index is 12.8. The Hall–Kier alpha value is -1.40. The second-order valence-electron chi connectivity index (χ2n) is 7.81. The first-order chi connectivity index (χ1) is 13.5. The number of rotatable bonds is 11. The van der Waals surface area contributed by atoms with Gasteiger partial charge in [0.1, 0.15) is 5.00 Å². The van der Waals surface area contributed by atoms with Gasteiger partial charge in [0, 0.05) is 4.88 Å². The van der Waals surface area contributed by atoms with Crippen LogP contribution in [-0.4, -0.2) is 43.0 Å². The van der Waals surface area contributed by atoms with Gasteiger partial charge < -0.3 is 10.1 Å². The summed E-state index contributed by atoms with van der Waals surface area (Å²) in [5.41, 5.74) is 1.68. The molecule has 0 saturated heterocycles. The Morgan fingerprint density at radius 1 is 1.18 bits per heavy atom. The number of hydrogen-bond acceptors (Lipinski definition) is 5. The minimum Gasteiger partial charge on any atom is -0.462 e. The smallest absolute Gasteiger partial charge is 0.341 e. The average molecular weight is 409 g/mol. The third-order valence-electron chi connectivity index (χ3n) is 5.27. The largest absolute Gasteiger partial charge is 0.462 e. The summed E-state index contributed by atoms with van der Waals surface area (Å²) in [6.45, 7) is 11.0. The fraction of sp³-hybridized carbons (Fsp3) is 0.727. The number of thiophene rings is 1. The summed E-state index contributed by atoms with van der Waals surface area (Å²) in [4.78, 5) is 28.8. The molecule has 0 radical (unpaired) electrons. The van der Waals surface area contributed by atoms with E-state index in [1.54, 1.807) is 11.3 Å². The minimum atomic E-state index is -0.307. The number of nitrogens with zero attached hydrogens (tertiary/aromatic N) is 1. The van der Waals surface area contributed by atoms with Crippen molar-refractivity contribution in [2.24, 2.45) is 5.92 Å². The van der Waals surface area contributed by atoms with Crippen LogP contribution in [0, 0.1) is 5.92 Å². The average Bonchev–Trinajstić information content (AvgIpc) is 3.00. The van der Waals surface area contributed by atoms with Crippen molar-refractivity contribution >= 4 is 28.2 Å². The lowest BCUT2D eigenvalue weighted by molar-refractivity contribution is -0.117. The molecule has 1 atom stereocenters. The molecule has 1 N–H and O–H groups in total. The molecule has 158 valence electrons. The first-order valence-corrected chi connectivity index (χ1v) is 11.7. The second kappa shape index (κ2) is 11.6. The highest BCUT2D eigenvalue weighted by atomic mass is 32.1. The molecule has 0 saturated carbocycles. The molecule has 0 bridgehead atoms. The molecule has 0 spiro atoms. The Labute approximate surface area is 173 Å². The molecule has 0 aromatic carbocycles. The number of hydrogen-bond donors (Lipinski definition) is 1. The number of fused-ring (bicyclic) bond motifs is 1. The number of unbranched alkanes of at least 4 members (excludes halogenated alkanes) is 2. The maximum Gasteiger partial charge on any atom is 0.341 e. The summed E-state index contributed by atoms with van der Waals surface area (Å²) >= 11 is 1.56. The monoisotopic (exact) mass is 408 g/mol. The van der Waals surface area contributed by atoms with Gasteiger partial charge in [-0.1, -0.05) is 33.6 Å². The van der Waals surface area contributed by atoms with Gasteiger partial charge in [-0.05, 0) is 63.6 Å². The number of nitrogens with one attached hydrogen (secondary N) is 1. The molecule has 0 fully saturated rings. The quantitative estimate of drug-likeness (QED) is 0.530. The molecule has 2 rings (SSSR count). The summed E-state index contributed by atoms with van der Waals surface area (Å²) < 4.78 is 5.29. The zero-order valence-electron chi connectivity index (χ0n) is 17.9. The van der Waals surface area contributed by atoms with Crippen LogP contribution in [0.25, 0.3) is 0 Å². The van der Waals surface area contributed by atoms with Crippen LogP contribution >= 0.6 is 11.3 Å². The van der Waals surface area contributed by atoms with Gasteiger partial charge >= 0.3 is 5.97 Å². The standard InChI is InChI=1S/C22H36N2O3S/c1-5-8-12-24(13-9-6-2)15-19(25)23-21-20(22(26)27-7-3)17-11-10-16(4)14-18(17)28-21/h16H,5-15H2,1-4H3,(H,23,25). The van der Waals surface area contributed by atoms with E-state index in [1.165, 1.54) is 4.88 Å². The van der Waals surface area contributed by atoms with Crippen molar-refractivity contribution in [1.29, 1.82) is 0 Å². The molecule has 1 aliphatic carbocycles. The van der Waals surface area contributed by atoms with Crippen LogP contribution in [0.4, 0.5) is 5.00 Å². The van der Waals surface area contributed by atoms with Crippen molar-refractivity contribution in [2.45, 2.75) is 72.6 Å². The van der Waals surface area contributed by atoms with Crippen molar-refractivity contribution in [1.82, 2.24) is 4.90 Å². The predicted octanol–water partition coefficient (Wildman–Crippen LogP) is 4.89. The molecule has 5 nitrogen and oxygen atoms in total. The van der Waals surface area contributed by atoms with Crippen LogP contribution in [0.15, 0.2) is 0 Å². The molecule has 1 aromatic rings. The highest BCUT2D eigenvalue weighted by Crippen LogP contribution is 2.40. The van der Waals surface area contributed by atoms with Crippen molar-refractivity contribution in [3.05, 3.63) is 16.0 Å². The lowest BCUT2D eigenvalue weighted by Gasteiger charge is -2.21. The predicted molar refractivity (Wildman–Crippen MR) is 116 cm³/mol. The minimum absolute atomic E-state index is 0.0376. The number of esters is 1. The first-order valence-electron chi connectivity index (χ1n) is 10.8. The van der Waals surface area contributed by atoms with E-state index in [4.69, 9.17) is 4.74 Å². The summed E-state index contributed by atoms with van der Waals surface area (Å²) in [6, 6.07) is 0. The number of anilines is 1. The zero-order valence-corrected chi connectivity index (χ0v) is 18.8. The lowest BCUT2D eigenvalue weighted by Crippen LogP contribution is -2.34. The summed E-state index contributed by atoms with van der Waals surface area (Å²) in [7, 11) is 0. The second-order valence-corrected chi connectivity index (χ2v) is 8.91. The SMILES string of the molecule is CCCCN(CCCC)CC(=O)Nc1sc2c(c1C(=O)OCC)CCC(C)C2. The molecule has 28 heavy (non-hydrogen) atoms. The molecule has 0 aliphatic heterocycles. The highest BCUT2D eigenvalue weighted by Gasteiger charge is 2.29. The molecule has 1 heterocycles. The molecule has 1 aliphatic rings. The van der Waals surface area contributed by atoms with Crippen molar-refractivity contribution < 1.29 is 14.3 Å². The van der Waals surface area contributed by atoms with E-state index in [-0.39, 0.29) is 11.9 Å². The van der Waals surface area contributed by atoms with Crippen LogP contribution in [-0.2, 0) is 22.4 Å². The maximum atomic E-state index is 12.8. The van der Waals surface area contributed by atoms with E-state index < -0.39 is 0 Å². The van der Waals surface area contributed by atoms with Gasteiger partial charge in [-0.2, -0.15) is 0 Å². The number of carbonyl (C=O) groups excluding carboxylic acids is 2. The number of carbonyl (C=O) groups is 2. The van der Waals surface area contributed by atoms with Gasteiger partial charge in [0.05, 0.1) is 18.7 Å². The van der Waals surface area contributed by atoms with Gasteiger partial charge in [-0.3, -0.25) is 9.69 Å². The van der Waals surface area contributed by atoms with Gasteiger partial charge in [-0.25, -0.2) is 4.79 Å². The summed E-state index contributed by atoms with van der Waals surface area (Å²) in [5, 5.41) is 3.72. The van der Waals surface area contributed by atoms with E-state index in [2.05, 4.69) is 31.0 Å². The number of amides is 1. The van der Waals surface area contributed by atoms with E-state index in [9.17, 15) is 9.59 Å². The van der Waals surface area contributed by atoms with Crippen LogP contribution in [0.2, 0.25) is 0 Å². The molecular formula is C22H36N2O3S. The Morgan fingerprint density at radius 2 is 1.86 bits per heavy atom. The third kappa shape index (κ3) is 6.31. The molecular weight excluding hydrogens is 372 g/mol. The van der Waals surface area contributed by atoms with Crippen molar-refractivity contribution in [3.63, 3.8) is 0 Å². The Balaban J connectivity index is 2.14. The summed E-state index contributed by atoms with van der Waals surface area (Å²) in [5.74, 6) is 0.270. The van der Waals surface area contributed by atoms with Crippen molar-refractivity contribution in [3.8, 4) is 0 Å². The van der Waals surface area contributed by atoms with Gasteiger partial charge in [0.15, 0.2) is 0 Å². The topological polar surface area (TPSA) is 58.6 Å². The summed E-state index contributed by atoms with van der Waals surface area (Å²) in [6.07, 6.45) is 7.36. The zero-order chi connectivity index (χ0) is 20.5. The number of ether oxygens (including phenoxy) is 1. The van der Waals surface area contributed by atoms with Crippen LogP contribution in [0.1, 0.15) is 80.6 Å². The highest BCUT2D eigenvalue weighted by molar-refractivity contribution is 7.17. The third-order valence-corrected chi connectivity index (χ3v) is 6.44. The van der Waals surface area contributed by atoms with Crippen LogP contribution in [0.3, 0.4) is 0 Å². The Kier molecular flexibility index (Phi) is 9.45. The molecule has 1 unspecified atom stereocenters. The van der Waals surface area contributed by atoms with Crippen LogP contribution < -0.4 is 5.32 Å². The van der Waals surface area contributed by atoms with Gasteiger partial charge in [0.25, 0.3) is 0 Å². The van der Waals surface area contributed by atoms with Crippen molar-refractivity contribution in [2.75, 3.05) is 31.6 Å². The van der Waals surface area contributed by atoms with E-state index in [0.717, 1.165) is 63.6 Å². The molecule has 1 aromatic heterocycles. The van der Waals surface area contributed by atoms with E-state index in [1.807, 2.05) is 6.92 Å². The normalized spacial score (nSPS) is 16.1. The van der Waals surface area contributed by atoms with E-state index >= 15 is 0 Å². The first kappa shape index (κ1) is 22.9. The van der Waals surface area contributed by atoms with Gasteiger partial charge in [0.2, 0.25) is 5.91 Å².